The minimum atomic E-state index is -0.826. The van der Waals surface area contributed by atoms with Crippen molar-refractivity contribution in [3.63, 3.8) is 0 Å². The van der Waals surface area contributed by atoms with E-state index in [1.54, 1.807) is 0 Å². The van der Waals surface area contributed by atoms with Gasteiger partial charge in [-0.15, -0.1) is 34.5 Å². The average molecular weight is 522 g/mol. The van der Waals surface area contributed by atoms with E-state index >= 15 is 0 Å². The van der Waals surface area contributed by atoms with Crippen LogP contribution in [0, 0.1) is 6.92 Å². The predicted molar refractivity (Wildman–Crippen MR) is 133 cm³/mol. The molecule has 0 atom stereocenters. The van der Waals surface area contributed by atoms with Crippen LogP contribution in [0.1, 0.15) is 77.1 Å². The molecule has 0 fully saturated rings. The standard InChI is InChI=1S/C27H35.2ClH.Zr/c1-9-10-19-13-20-12-11-18(2)25(24(20)14-19)21-15-22(26(3,4)5)17-23(16-21)27(6,7)8;;;/h11-17H,9-10H2,1-8H3;2*1H;/q-1;;;+2/p-2. The topological polar surface area (TPSA) is 0 Å². The zero-order valence-corrected chi connectivity index (χ0v) is 23.7. The van der Waals surface area contributed by atoms with Gasteiger partial charge in [0.15, 0.2) is 0 Å². The summed E-state index contributed by atoms with van der Waals surface area (Å²) in [5.74, 6) is 0. The molecule has 3 rings (SSSR count). The maximum atomic E-state index is 4.93. The molecule has 30 heavy (non-hydrogen) atoms. The summed E-state index contributed by atoms with van der Waals surface area (Å²) in [6.45, 7) is 18.4. The quantitative estimate of drug-likeness (QED) is 0.301. The molecule has 3 heteroatoms. The Morgan fingerprint density at radius 1 is 0.867 bits per heavy atom. The van der Waals surface area contributed by atoms with Gasteiger partial charge in [0.1, 0.15) is 0 Å². The van der Waals surface area contributed by atoms with Crippen LogP contribution in [0.3, 0.4) is 0 Å². The first kappa shape index (κ1) is 25.8. The second kappa shape index (κ2) is 10.4. The molecule has 3 aromatic carbocycles. The third-order valence-electron chi connectivity index (χ3n) is 5.65. The number of halogens is 2. The Morgan fingerprint density at radius 3 is 1.87 bits per heavy atom. The Kier molecular flexibility index (Phi) is 8.95. The van der Waals surface area contributed by atoms with Crippen molar-refractivity contribution in [1.29, 1.82) is 0 Å². The molecule has 0 N–H and O–H groups in total. The molecule has 0 saturated carbocycles. The van der Waals surface area contributed by atoms with Crippen molar-refractivity contribution >= 4 is 27.8 Å². The van der Waals surface area contributed by atoms with E-state index in [-0.39, 0.29) is 10.8 Å². The van der Waals surface area contributed by atoms with Gasteiger partial charge in [-0.05, 0) is 40.9 Å². The number of hydrogen-bond donors (Lipinski definition) is 0. The van der Waals surface area contributed by atoms with Crippen molar-refractivity contribution in [2.24, 2.45) is 0 Å². The molecule has 0 nitrogen and oxygen atoms in total. The number of benzene rings is 2. The van der Waals surface area contributed by atoms with E-state index < -0.39 is 20.8 Å². The molecule has 0 bridgehead atoms. The van der Waals surface area contributed by atoms with Crippen LogP contribution in [0.5, 0.6) is 0 Å². The third kappa shape index (κ3) is 6.28. The molecule has 0 aliphatic heterocycles. The maximum absolute atomic E-state index is 4.93. The van der Waals surface area contributed by atoms with Gasteiger partial charge in [0.25, 0.3) is 0 Å². The van der Waals surface area contributed by atoms with Crippen molar-refractivity contribution in [2.45, 2.75) is 79.1 Å². The van der Waals surface area contributed by atoms with Crippen LogP contribution >= 0.6 is 17.0 Å². The number of hydrogen-bond acceptors (Lipinski definition) is 0. The molecule has 0 amide bonds. The zero-order chi connectivity index (χ0) is 22.7. The van der Waals surface area contributed by atoms with Crippen LogP contribution < -0.4 is 0 Å². The van der Waals surface area contributed by atoms with Gasteiger partial charge in [0.2, 0.25) is 0 Å². The van der Waals surface area contributed by atoms with Crippen LogP contribution in [0.25, 0.3) is 21.9 Å². The van der Waals surface area contributed by atoms with E-state index in [4.69, 9.17) is 17.0 Å². The fourth-order valence-electron chi connectivity index (χ4n) is 3.91. The molecule has 0 aromatic heterocycles. The van der Waals surface area contributed by atoms with Gasteiger partial charge in [-0.2, -0.15) is 6.07 Å². The Balaban J connectivity index is 0.00000101. The van der Waals surface area contributed by atoms with E-state index in [1.807, 2.05) is 0 Å². The number of aryl methyl sites for hydroxylation is 2. The van der Waals surface area contributed by atoms with Crippen molar-refractivity contribution in [3.8, 4) is 11.1 Å². The third-order valence-corrected chi connectivity index (χ3v) is 5.65. The Hall–Kier alpha value is -0.487. The molecule has 0 spiro atoms. The second-order valence-electron chi connectivity index (χ2n) is 10.2. The molecular formula is C27H35Cl2Zr-. The summed E-state index contributed by atoms with van der Waals surface area (Å²) >= 11 is -0.826. The number of fused-ring (bicyclic) bond motifs is 1. The first-order valence-electron chi connectivity index (χ1n) is 10.7. The summed E-state index contributed by atoms with van der Waals surface area (Å²) in [6.07, 6.45) is 2.35. The first-order valence-corrected chi connectivity index (χ1v) is 17.1. The van der Waals surface area contributed by atoms with Crippen LogP contribution in [0.2, 0.25) is 0 Å². The zero-order valence-electron chi connectivity index (χ0n) is 19.7. The normalized spacial score (nSPS) is 11.9. The first-order chi connectivity index (χ1) is 13.9. The molecule has 0 radical (unpaired) electrons. The van der Waals surface area contributed by atoms with E-state index in [2.05, 4.69) is 97.9 Å². The molecule has 3 aromatic rings. The van der Waals surface area contributed by atoms with E-state index in [0.717, 1.165) is 6.42 Å². The summed E-state index contributed by atoms with van der Waals surface area (Å²) in [5.41, 5.74) is 8.71. The molecule has 0 aliphatic carbocycles. The fraction of sp³-hybridized carbons (Fsp3) is 0.444. The Labute approximate surface area is 202 Å². The fourth-order valence-corrected chi connectivity index (χ4v) is 3.91. The van der Waals surface area contributed by atoms with Gasteiger partial charge < -0.3 is 0 Å². The van der Waals surface area contributed by atoms with Gasteiger partial charge in [-0.3, -0.25) is 0 Å². The van der Waals surface area contributed by atoms with E-state index in [1.165, 1.54) is 50.6 Å². The summed E-state index contributed by atoms with van der Waals surface area (Å²) in [6, 6.07) is 16.6. The summed E-state index contributed by atoms with van der Waals surface area (Å²) in [7, 11) is 9.87. The Morgan fingerprint density at radius 2 is 1.40 bits per heavy atom. The van der Waals surface area contributed by atoms with Crippen LogP contribution in [-0.4, -0.2) is 0 Å². The molecule has 0 unspecified atom stereocenters. The van der Waals surface area contributed by atoms with Gasteiger partial charge >= 0.3 is 37.9 Å². The van der Waals surface area contributed by atoms with Crippen LogP contribution in [-0.2, 0) is 38.1 Å². The van der Waals surface area contributed by atoms with Crippen molar-refractivity contribution in [3.05, 3.63) is 64.7 Å². The molecular weight excluding hydrogens is 486 g/mol. The van der Waals surface area contributed by atoms with Crippen LogP contribution in [0.15, 0.2) is 42.5 Å². The summed E-state index contributed by atoms with van der Waals surface area (Å²) in [4.78, 5) is 0. The minimum absolute atomic E-state index is 0.136. The van der Waals surface area contributed by atoms with E-state index in [9.17, 15) is 0 Å². The predicted octanol–water partition coefficient (Wildman–Crippen LogP) is 9.46. The summed E-state index contributed by atoms with van der Waals surface area (Å²) < 4.78 is 0. The van der Waals surface area contributed by atoms with Gasteiger partial charge in [-0.1, -0.05) is 84.2 Å². The van der Waals surface area contributed by atoms with Crippen molar-refractivity contribution in [1.82, 2.24) is 0 Å². The molecule has 0 saturated heterocycles. The average Bonchev–Trinajstić information content (AvgIpc) is 3.03. The second-order valence-corrected chi connectivity index (χ2v) is 14.0. The molecule has 0 heterocycles. The van der Waals surface area contributed by atoms with Gasteiger partial charge in [0.05, 0.1) is 0 Å². The SMILES string of the molecule is CCCc1cc2c(-c3cc(C(C)(C)C)cc(C(C)(C)C)c3)c(C)ccc2[cH-]1.[Cl][Zr][Cl]. The summed E-state index contributed by atoms with van der Waals surface area (Å²) in [5, 5.41) is 2.78. The van der Waals surface area contributed by atoms with Crippen molar-refractivity contribution in [2.75, 3.05) is 0 Å². The molecule has 162 valence electrons. The van der Waals surface area contributed by atoms with Crippen LogP contribution in [0.4, 0.5) is 0 Å². The van der Waals surface area contributed by atoms with Crippen molar-refractivity contribution < 1.29 is 20.8 Å². The van der Waals surface area contributed by atoms with E-state index in [0.29, 0.717) is 0 Å². The monoisotopic (exact) mass is 519 g/mol. The Bertz CT molecular complexity index is 952. The van der Waals surface area contributed by atoms with Gasteiger partial charge in [-0.25, -0.2) is 0 Å². The molecule has 0 aliphatic rings. The van der Waals surface area contributed by atoms with Gasteiger partial charge in [0, 0.05) is 0 Å². The number of rotatable bonds is 3.